The fourth-order valence-electron chi connectivity index (χ4n) is 7.49. The van der Waals surface area contributed by atoms with E-state index in [1.165, 1.54) is 0 Å². The normalized spacial score (nSPS) is 12.7. The second-order valence-electron chi connectivity index (χ2n) is 13.8. The number of rotatable bonds is 4. The SMILES string of the molecule is Clc1cccc(Cl)c1C1=Cc2cc3c(Br)c(Br)c(c(Br)c4nc(c(Br)c5c(Br)c(-c6c(Cl)cccc6Cl)c(c(-c6c(Cl)cccc6Cl)c1n2)n5-c1c(Cl)cccc1Cl)C(Br)=C4Br)n3Br. The zero-order valence-corrected chi connectivity index (χ0v) is 49.7. The van der Waals surface area contributed by atoms with Crippen LogP contribution in [0.4, 0.5) is 0 Å². The number of aromatic nitrogens is 4. The highest BCUT2D eigenvalue weighted by Gasteiger charge is 2.34. The summed E-state index contributed by atoms with van der Waals surface area (Å²) in [7, 11) is 0. The first kappa shape index (κ1) is 48.7. The van der Waals surface area contributed by atoms with Crippen LogP contribution < -0.4 is 0 Å². The van der Waals surface area contributed by atoms with E-state index in [1.807, 2.05) is 20.3 Å². The van der Waals surface area contributed by atoms with Crippen molar-refractivity contribution in [2.75, 3.05) is 0 Å². The molecule has 0 aliphatic carbocycles. The highest BCUT2D eigenvalue weighted by atomic mass is 79.9. The quantitative estimate of drug-likeness (QED) is 0.176. The molecule has 0 radical (unpaired) electrons. The second-order valence-corrected chi connectivity index (χ2v) is 23.3. The molecule has 3 aromatic heterocycles. The lowest BCUT2D eigenvalue weighted by atomic mass is 9.93. The molecule has 4 nitrogen and oxygen atoms in total. The highest BCUT2D eigenvalue weighted by Crippen LogP contribution is 2.56. The number of halogens is 16. The lowest BCUT2D eigenvalue weighted by molar-refractivity contribution is 1.16. The first-order valence-corrected chi connectivity index (χ1v) is 27.2. The van der Waals surface area contributed by atoms with Gasteiger partial charge in [0.2, 0.25) is 0 Å². The Bertz CT molecular complexity index is 3410. The van der Waals surface area contributed by atoms with E-state index in [4.69, 9.17) is 103 Å². The van der Waals surface area contributed by atoms with Crippen molar-refractivity contribution in [1.29, 1.82) is 0 Å². The van der Waals surface area contributed by atoms with Gasteiger partial charge in [-0.15, -0.1) is 0 Å². The van der Waals surface area contributed by atoms with Crippen LogP contribution in [0.25, 0.3) is 70.6 Å². The fraction of sp³-hybridized carbons (Fsp3) is 0. The van der Waals surface area contributed by atoms with E-state index in [0.717, 1.165) is 0 Å². The molecule has 7 aromatic rings. The molecule has 0 spiro atoms. The summed E-state index contributed by atoms with van der Waals surface area (Å²) in [6.45, 7) is 0. The predicted octanol–water partition coefficient (Wildman–Crippen LogP) is 22.0. The summed E-state index contributed by atoms with van der Waals surface area (Å²) in [6, 6.07) is 23.0. The maximum Gasteiger partial charge on any atom is 0.0956 e. The molecule has 8 bridgehead atoms. The van der Waals surface area contributed by atoms with Gasteiger partial charge in [-0.05, 0) is 172 Å². The molecule has 0 saturated heterocycles. The summed E-state index contributed by atoms with van der Waals surface area (Å²) in [5.41, 5.74) is 7.38. The summed E-state index contributed by atoms with van der Waals surface area (Å²) in [5.74, 6) is 0. The van der Waals surface area contributed by atoms with E-state index in [-0.39, 0.29) is 10.0 Å². The van der Waals surface area contributed by atoms with Crippen LogP contribution in [-0.2, 0) is 0 Å². The molecule has 0 atom stereocenters. The molecule has 4 aromatic carbocycles. The third kappa shape index (κ3) is 8.07. The molecule has 0 N–H and O–H groups in total. The van der Waals surface area contributed by atoms with Crippen LogP contribution in [0, 0.1) is 0 Å². The van der Waals surface area contributed by atoms with Gasteiger partial charge < -0.3 is 4.57 Å². The second kappa shape index (κ2) is 19.1. The minimum atomic E-state index is 0.289. The average Bonchev–Trinajstić information content (AvgIpc) is 3.93. The van der Waals surface area contributed by atoms with Crippen LogP contribution in [0.1, 0.15) is 28.3 Å². The average molecular weight is 1520 g/mol. The van der Waals surface area contributed by atoms with Crippen molar-refractivity contribution in [3.05, 3.63) is 170 Å². The molecular formula is C44H14Br8Cl8N4. The maximum atomic E-state index is 7.37. The molecule has 20 heteroatoms. The third-order valence-corrected chi connectivity index (χ3v) is 19.9. The summed E-state index contributed by atoms with van der Waals surface area (Å²) in [5, 5.41) is 2.55. The first-order valence-electron chi connectivity index (χ1n) is 17.9. The Hall–Kier alpha value is -0.360. The van der Waals surface area contributed by atoms with E-state index in [9.17, 15) is 0 Å². The summed E-state index contributed by atoms with van der Waals surface area (Å²) in [6.07, 6.45) is 1.90. The zero-order valence-electron chi connectivity index (χ0n) is 30.9. The van der Waals surface area contributed by atoms with Crippen molar-refractivity contribution < 1.29 is 0 Å². The Labute approximate surface area is 472 Å². The molecule has 5 heterocycles. The Morgan fingerprint density at radius 2 is 0.844 bits per heavy atom. The first-order chi connectivity index (χ1) is 30.4. The Balaban J connectivity index is 1.75. The number of nitrogens with zero attached hydrogens (tertiary/aromatic N) is 4. The van der Waals surface area contributed by atoms with Gasteiger partial charge in [0.1, 0.15) is 0 Å². The Morgan fingerprint density at radius 3 is 1.34 bits per heavy atom. The molecule has 0 unspecified atom stereocenters. The molecule has 2 aliphatic rings. The maximum absolute atomic E-state index is 7.37. The molecule has 9 rings (SSSR count). The monoisotopic (exact) mass is 1510 g/mol. The van der Waals surface area contributed by atoms with E-state index >= 15 is 0 Å². The van der Waals surface area contributed by atoms with Crippen molar-refractivity contribution in [1.82, 2.24) is 18.1 Å². The van der Waals surface area contributed by atoms with Gasteiger partial charge in [-0.2, -0.15) is 0 Å². The van der Waals surface area contributed by atoms with Gasteiger partial charge in [0.15, 0.2) is 0 Å². The minimum Gasteiger partial charge on any atom is -0.304 e. The van der Waals surface area contributed by atoms with Gasteiger partial charge in [0, 0.05) is 43.4 Å². The molecule has 2 aliphatic heterocycles. The lowest BCUT2D eigenvalue weighted by Gasteiger charge is -2.19. The van der Waals surface area contributed by atoms with E-state index < -0.39 is 0 Å². The molecule has 64 heavy (non-hydrogen) atoms. The van der Waals surface area contributed by atoms with Crippen molar-refractivity contribution in [3.63, 3.8) is 0 Å². The number of benzene rings is 4. The molecular weight excluding hydrogens is 1510 g/mol. The number of para-hydroxylation sites is 1. The number of hydrogen-bond donors (Lipinski definition) is 0. The van der Waals surface area contributed by atoms with Crippen molar-refractivity contribution in [2.45, 2.75) is 0 Å². The Morgan fingerprint density at radius 1 is 0.406 bits per heavy atom. The molecule has 0 saturated carbocycles. The van der Waals surface area contributed by atoms with E-state index in [0.29, 0.717) is 145 Å². The van der Waals surface area contributed by atoms with Crippen LogP contribution in [0.15, 0.2) is 101 Å². The molecule has 322 valence electrons. The van der Waals surface area contributed by atoms with Crippen LogP contribution in [0.5, 0.6) is 0 Å². The van der Waals surface area contributed by atoms with E-state index in [1.54, 1.807) is 72.8 Å². The van der Waals surface area contributed by atoms with Gasteiger partial charge >= 0.3 is 0 Å². The van der Waals surface area contributed by atoms with Gasteiger partial charge in [-0.25, -0.2) is 9.97 Å². The highest BCUT2D eigenvalue weighted by molar-refractivity contribution is 9.18. The summed E-state index contributed by atoms with van der Waals surface area (Å²) in [4.78, 5) is 10.7. The van der Waals surface area contributed by atoms with Crippen molar-refractivity contribution in [3.8, 4) is 27.9 Å². The molecule has 0 fully saturated rings. The number of hydrogen-bond acceptors (Lipinski definition) is 2. The standard InChI is InChI=1S/C44H14Br8Cl8N4/c45-31-25-14-15-13-16(26-17(53)5-1-6-18(26)54)38(61-15)30(28-21(57)9-3-10-22(28)58)42-29(27-19(55)7-2-8-20(27)56)32(46)43(63(42)41-23(59)11-4-12-24(41)60)36(50)39-33(47)34(48)40(62-39)37(51)44(35(31)49)64(25)52/h1-14H. The van der Waals surface area contributed by atoms with Gasteiger partial charge in [-0.3, -0.25) is 3.59 Å². The van der Waals surface area contributed by atoms with Gasteiger partial charge in [-0.1, -0.05) is 117 Å². The fourth-order valence-corrected chi connectivity index (χ4v) is 16.3. The lowest BCUT2D eigenvalue weighted by Crippen LogP contribution is -2.02. The van der Waals surface area contributed by atoms with Gasteiger partial charge in [0.25, 0.3) is 0 Å². The van der Waals surface area contributed by atoms with Crippen LogP contribution >= 0.6 is 220 Å². The summed E-state index contributed by atoms with van der Waals surface area (Å²) < 4.78 is 8.04. The van der Waals surface area contributed by atoms with Gasteiger partial charge in [0.05, 0.1) is 128 Å². The third-order valence-electron chi connectivity index (χ3n) is 10.2. The van der Waals surface area contributed by atoms with Crippen molar-refractivity contribution in [2.24, 2.45) is 0 Å². The minimum absolute atomic E-state index is 0.289. The predicted molar refractivity (Wildman–Crippen MR) is 301 cm³/mol. The van der Waals surface area contributed by atoms with Crippen LogP contribution in [0.2, 0.25) is 40.2 Å². The topological polar surface area (TPSA) is 35.6 Å². The smallest absolute Gasteiger partial charge is 0.0956 e. The van der Waals surface area contributed by atoms with E-state index in [2.05, 4.69) is 128 Å². The largest absolute Gasteiger partial charge is 0.304 e. The molecule has 0 amide bonds. The number of fused-ring (bicyclic) bond motifs is 8. The van der Waals surface area contributed by atoms with Crippen molar-refractivity contribution >= 4 is 263 Å². The Kier molecular flexibility index (Phi) is 14.5. The zero-order chi connectivity index (χ0) is 45.8. The van der Waals surface area contributed by atoms with Crippen LogP contribution in [-0.4, -0.2) is 18.1 Å². The summed E-state index contributed by atoms with van der Waals surface area (Å²) >= 11 is 89.4. The van der Waals surface area contributed by atoms with Crippen LogP contribution in [0.3, 0.4) is 0 Å².